The molecule has 31 heavy (non-hydrogen) atoms. The zero-order valence-corrected chi connectivity index (χ0v) is 19.1. The SMILES string of the molecule is O=C1/C(=C\c2ccc(N3CCOCC3)c([N+](=O)[O-])c2)SC(=S)N1c1ccc(Cl)c(Cl)c1. The van der Waals surface area contributed by atoms with E-state index in [1.807, 2.05) is 4.90 Å². The van der Waals surface area contributed by atoms with Crippen LogP contribution in [-0.4, -0.2) is 41.5 Å². The molecule has 160 valence electrons. The Hall–Kier alpha value is -2.17. The van der Waals surface area contributed by atoms with Crippen molar-refractivity contribution < 1.29 is 14.5 Å². The minimum Gasteiger partial charge on any atom is -0.378 e. The van der Waals surface area contributed by atoms with Crippen LogP contribution in [0, 0.1) is 10.1 Å². The second-order valence-electron chi connectivity index (χ2n) is 6.72. The van der Waals surface area contributed by atoms with Crippen molar-refractivity contribution in [2.24, 2.45) is 0 Å². The smallest absolute Gasteiger partial charge is 0.293 e. The minimum atomic E-state index is -0.414. The molecule has 7 nitrogen and oxygen atoms in total. The molecule has 0 aromatic heterocycles. The van der Waals surface area contributed by atoms with Crippen LogP contribution in [0.5, 0.6) is 0 Å². The van der Waals surface area contributed by atoms with Crippen molar-refractivity contribution in [2.75, 3.05) is 36.1 Å². The molecule has 0 unspecified atom stereocenters. The molecule has 4 rings (SSSR count). The molecule has 2 heterocycles. The summed E-state index contributed by atoms with van der Waals surface area (Å²) in [4.78, 5) is 27.9. The lowest BCUT2D eigenvalue weighted by Gasteiger charge is -2.28. The van der Waals surface area contributed by atoms with E-state index in [1.165, 1.54) is 11.0 Å². The molecule has 0 bridgehead atoms. The Bertz CT molecular complexity index is 1120. The number of thiocarbonyl (C=S) groups is 1. The molecule has 0 aliphatic carbocycles. The van der Waals surface area contributed by atoms with Gasteiger partial charge in [-0.25, -0.2) is 0 Å². The van der Waals surface area contributed by atoms with Crippen LogP contribution < -0.4 is 9.80 Å². The summed E-state index contributed by atoms with van der Waals surface area (Å²) in [6, 6.07) is 9.74. The third kappa shape index (κ3) is 4.56. The number of thioether (sulfide) groups is 1. The lowest BCUT2D eigenvalue weighted by Crippen LogP contribution is -2.36. The first-order valence-corrected chi connectivity index (χ1v) is 11.2. The van der Waals surface area contributed by atoms with Crippen LogP contribution in [0.15, 0.2) is 41.3 Å². The highest BCUT2D eigenvalue weighted by atomic mass is 35.5. The van der Waals surface area contributed by atoms with Crippen molar-refractivity contribution in [2.45, 2.75) is 0 Å². The summed E-state index contributed by atoms with van der Waals surface area (Å²) < 4.78 is 5.66. The van der Waals surface area contributed by atoms with Crippen molar-refractivity contribution in [3.05, 3.63) is 67.0 Å². The van der Waals surface area contributed by atoms with Gasteiger partial charge in [0.1, 0.15) is 5.69 Å². The van der Waals surface area contributed by atoms with E-state index in [0.29, 0.717) is 62.5 Å². The van der Waals surface area contributed by atoms with Gasteiger partial charge in [0.2, 0.25) is 0 Å². The fourth-order valence-electron chi connectivity index (χ4n) is 3.31. The summed E-state index contributed by atoms with van der Waals surface area (Å²) in [6.45, 7) is 2.22. The van der Waals surface area contributed by atoms with Crippen LogP contribution in [0.1, 0.15) is 5.56 Å². The summed E-state index contributed by atoms with van der Waals surface area (Å²) in [5, 5.41) is 12.4. The largest absolute Gasteiger partial charge is 0.378 e. The number of carbonyl (C=O) groups excluding carboxylic acids is 1. The number of halogens is 2. The average Bonchev–Trinajstić information content (AvgIpc) is 3.03. The highest BCUT2D eigenvalue weighted by Gasteiger charge is 2.34. The molecule has 1 amide bonds. The summed E-state index contributed by atoms with van der Waals surface area (Å²) in [5.74, 6) is -0.326. The normalized spacial score (nSPS) is 18.2. The lowest BCUT2D eigenvalue weighted by atomic mass is 10.1. The highest BCUT2D eigenvalue weighted by molar-refractivity contribution is 8.27. The van der Waals surface area contributed by atoms with Crippen LogP contribution in [0.2, 0.25) is 10.0 Å². The number of hydrogen-bond donors (Lipinski definition) is 0. The van der Waals surface area contributed by atoms with Gasteiger partial charge in [-0.2, -0.15) is 0 Å². The summed E-state index contributed by atoms with van der Waals surface area (Å²) in [6.07, 6.45) is 1.60. The molecule has 11 heteroatoms. The molecule has 0 N–H and O–H groups in total. The Morgan fingerprint density at radius 3 is 2.55 bits per heavy atom. The number of nitrogens with zero attached hydrogens (tertiary/aromatic N) is 3. The topological polar surface area (TPSA) is 75.9 Å². The molecule has 0 radical (unpaired) electrons. The van der Waals surface area contributed by atoms with Gasteiger partial charge in [0.15, 0.2) is 4.32 Å². The van der Waals surface area contributed by atoms with Crippen LogP contribution >= 0.6 is 47.2 Å². The minimum absolute atomic E-state index is 0.0180. The van der Waals surface area contributed by atoms with Gasteiger partial charge in [0, 0.05) is 19.2 Å². The predicted octanol–water partition coefficient (Wildman–Crippen LogP) is 5.14. The third-order valence-corrected chi connectivity index (χ3v) is 6.84. The number of morpholine rings is 1. The van der Waals surface area contributed by atoms with Crippen molar-refractivity contribution in [3.8, 4) is 0 Å². The van der Waals surface area contributed by atoms with Gasteiger partial charge in [0.25, 0.3) is 11.6 Å². The van der Waals surface area contributed by atoms with E-state index in [1.54, 1.807) is 36.4 Å². The number of hydrogen-bond acceptors (Lipinski definition) is 7. The van der Waals surface area contributed by atoms with E-state index in [9.17, 15) is 14.9 Å². The number of carbonyl (C=O) groups is 1. The van der Waals surface area contributed by atoms with Gasteiger partial charge in [-0.15, -0.1) is 0 Å². The molecule has 0 saturated carbocycles. The average molecular weight is 496 g/mol. The maximum Gasteiger partial charge on any atom is 0.293 e. The Balaban J connectivity index is 1.64. The van der Waals surface area contributed by atoms with E-state index < -0.39 is 4.92 Å². The summed E-state index contributed by atoms with van der Waals surface area (Å²) in [5.41, 5.74) is 1.57. The van der Waals surface area contributed by atoms with E-state index in [4.69, 9.17) is 40.2 Å². The Morgan fingerprint density at radius 1 is 1.13 bits per heavy atom. The Morgan fingerprint density at radius 2 is 1.87 bits per heavy atom. The zero-order valence-electron chi connectivity index (χ0n) is 15.9. The number of nitro groups is 1. The van der Waals surface area contributed by atoms with E-state index in [2.05, 4.69) is 0 Å². The quantitative estimate of drug-likeness (QED) is 0.251. The van der Waals surface area contributed by atoms with Gasteiger partial charge >= 0.3 is 0 Å². The van der Waals surface area contributed by atoms with E-state index in [0.717, 1.165) is 11.8 Å². The molecule has 0 atom stereocenters. The van der Waals surface area contributed by atoms with Gasteiger partial charge < -0.3 is 9.64 Å². The van der Waals surface area contributed by atoms with E-state index >= 15 is 0 Å². The molecule has 2 aliphatic rings. The molecular weight excluding hydrogens is 481 g/mol. The number of anilines is 2. The summed E-state index contributed by atoms with van der Waals surface area (Å²) >= 11 is 18.5. The van der Waals surface area contributed by atoms with Gasteiger partial charge in [-0.05, 0) is 35.9 Å². The van der Waals surface area contributed by atoms with Crippen LogP contribution in [0.3, 0.4) is 0 Å². The second-order valence-corrected chi connectivity index (χ2v) is 9.21. The van der Waals surface area contributed by atoms with Gasteiger partial charge in [-0.1, -0.05) is 53.2 Å². The zero-order chi connectivity index (χ0) is 22.1. The first kappa shape index (κ1) is 22.0. The number of amides is 1. The Labute approximate surface area is 197 Å². The highest BCUT2D eigenvalue weighted by Crippen LogP contribution is 2.39. The number of ether oxygens (including phenoxy) is 1. The standard InChI is InChI=1S/C20H15Cl2N3O4S2/c21-14-3-2-13(11-15(14)22)24-19(26)18(31-20(24)30)10-12-1-4-16(17(9-12)25(27)28)23-5-7-29-8-6-23/h1-4,9-11H,5-8H2/b18-10+. The van der Waals surface area contributed by atoms with Crippen molar-refractivity contribution in [3.63, 3.8) is 0 Å². The fourth-order valence-corrected chi connectivity index (χ4v) is 4.91. The monoisotopic (exact) mass is 495 g/mol. The maximum absolute atomic E-state index is 13.0. The number of nitro benzene ring substituents is 1. The molecule has 2 aliphatic heterocycles. The molecule has 2 fully saturated rings. The third-order valence-electron chi connectivity index (χ3n) is 4.80. The van der Waals surface area contributed by atoms with Crippen LogP contribution in [0.4, 0.5) is 17.1 Å². The van der Waals surface area contributed by atoms with Crippen LogP contribution in [-0.2, 0) is 9.53 Å². The molecular formula is C20H15Cl2N3O4S2. The first-order chi connectivity index (χ1) is 14.8. The number of rotatable bonds is 4. The molecule has 0 spiro atoms. The van der Waals surface area contributed by atoms with Crippen molar-refractivity contribution in [1.82, 2.24) is 0 Å². The summed E-state index contributed by atoms with van der Waals surface area (Å²) in [7, 11) is 0. The predicted molar refractivity (Wildman–Crippen MR) is 128 cm³/mol. The molecule has 2 saturated heterocycles. The second kappa shape index (κ2) is 9.13. The van der Waals surface area contributed by atoms with Crippen LogP contribution in [0.25, 0.3) is 6.08 Å². The number of benzene rings is 2. The maximum atomic E-state index is 13.0. The molecule has 2 aromatic rings. The van der Waals surface area contributed by atoms with E-state index in [-0.39, 0.29) is 11.6 Å². The van der Waals surface area contributed by atoms with Crippen molar-refractivity contribution in [1.29, 1.82) is 0 Å². The Kier molecular flexibility index (Phi) is 6.49. The molecule has 2 aromatic carbocycles. The van der Waals surface area contributed by atoms with Gasteiger partial charge in [-0.3, -0.25) is 19.8 Å². The van der Waals surface area contributed by atoms with Crippen molar-refractivity contribution >= 4 is 80.5 Å². The lowest BCUT2D eigenvalue weighted by molar-refractivity contribution is -0.384. The van der Waals surface area contributed by atoms with Gasteiger partial charge in [0.05, 0.1) is 38.8 Å². The fraction of sp³-hybridized carbons (Fsp3) is 0.200. The first-order valence-electron chi connectivity index (χ1n) is 9.19.